The lowest BCUT2D eigenvalue weighted by Gasteiger charge is -2.22. The van der Waals surface area contributed by atoms with Gasteiger partial charge in [0.05, 0.1) is 29.9 Å². The Morgan fingerprint density at radius 3 is 2.73 bits per heavy atom. The molecule has 216 valence electrons. The molecule has 1 saturated heterocycles. The number of nitriles is 1. The summed E-state index contributed by atoms with van der Waals surface area (Å²) in [7, 11) is 3.76. The number of likely N-dealkylation sites (N-methyl/N-ethyl adjacent to an activating group) is 1. The highest BCUT2D eigenvalue weighted by Crippen LogP contribution is 2.21. The van der Waals surface area contributed by atoms with Crippen LogP contribution in [0.3, 0.4) is 0 Å². The summed E-state index contributed by atoms with van der Waals surface area (Å²) in [6.07, 6.45) is 5.57. The minimum absolute atomic E-state index is 0.00245. The highest BCUT2D eigenvalue weighted by Gasteiger charge is 2.38. The number of carbonyl (C=O) groups is 2. The first-order valence-electron chi connectivity index (χ1n) is 13.7. The van der Waals surface area contributed by atoms with Crippen LogP contribution in [-0.2, 0) is 9.59 Å². The molecule has 2 amide bonds. The van der Waals surface area contributed by atoms with Gasteiger partial charge in [0.25, 0.3) is 0 Å². The summed E-state index contributed by atoms with van der Waals surface area (Å²) >= 11 is 0. The molecule has 1 aromatic carbocycles. The molecule has 0 bridgehead atoms. The molecule has 10 nitrogen and oxygen atoms in total. The lowest BCUT2D eigenvalue weighted by Crippen LogP contribution is -2.45. The summed E-state index contributed by atoms with van der Waals surface area (Å²) in [5.41, 5.74) is 1.99. The van der Waals surface area contributed by atoms with E-state index in [0.29, 0.717) is 48.8 Å². The molecule has 0 unspecified atom stereocenters. The third-order valence-corrected chi connectivity index (χ3v) is 6.17. The topological polar surface area (TPSA) is 126 Å². The van der Waals surface area contributed by atoms with Crippen molar-refractivity contribution in [2.75, 3.05) is 50.9 Å². The molecule has 0 saturated carbocycles. The monoisotopic (exact) mass is 560 g/mol. The average molecular weight is 561 g/mol. The second kappa shape index (κ2) is 15.9. The molecule has 3 N–H and O–H groups in total. The highest BCUT2D eigenvalue weighted by molar-refractivity contribution is 5.93. The Balaban J connectivity index is 1.52. The zero-order chi connectivity index (χ0) is 29.6. The lowest BCUT2D eigenvalue weighted by atomic mass is 10.2. The Morgan fingerprint density at radius 1 is 1.24 bits per heavy atom. The molecule has 2 atom stereocenters. The van der Waals surface area contributed by atoms with Crippen LogP contribution in [0.5, 0.6) is 0 Å². The molecule has 3 rings (SSSR count). The molecule has 0 radical (unpaired) electrons. The number of nitrogens with one attached hydrogen (secondary N) is 3. The summed E-state index contributed by atoms with van der Waals surface area (Å²) in [5.74, 6) is 6.52. The number of nitrogens with zero attached hydrogens (tertiary/aromatic N) is 5. The number of carbonyl (C=O) groups excluding carboxylic acids is 2. The number of unbranched alkanes of at least 4 members (excludes halogenated alkanes) is 1. The normalized spacial score (nSPS) is 16.2. The van der Waals surface area contributed by atoms with Crippen LogP contribution in [-0.4, -0.2) is 84.1 Å². The number of likely N-dealkylation sites (tertiary alicyclic amines) is 1. The quantitative estimate of drug-likeness (QED) is 0.205. The highest BCUT2D eigenvalue weighted by atomic mass is 19.1. The maximum absolute atomic E-state index is 14.1. The minimum atomic E-state index is -1.22. The van der Waals surface area contributed by atoms with Gasteiger partial charge in [-0.3, -0.25) is 9.59 Å². The SMILES string of the molecule is CCCNc1nc(Nc2ccc(C#N)cc2)ncc1C#CCCCNC(=O)[C@@H]1C[C@@H](F)CN1C(=O)C=CCN(C)C. The van der Waals surface area contributed by atoms with Crippen LogP contribution in [0.15, 0.2) is 42.6 Å². The van der Waals surface area contributed by atoms with Crippen LogP contribution in [0.2, 0.25) is 0 Å². The predicted octanol–water partition coefficient (Wildman–Crippen LogP) is 3.22. The van der Waals surface area contributed by atoms with Crippen LogP contribution < -0.4 is 16.0 Å². The van der Waals surface area contributed by atoms with Crippen LogP contribution in [0, 0.1) is 23.2 Å². The van der Waals surface area contributed by atoms with E-state index in [0.717, 1.165) is 18.7 Å². The van der Waals surface area contributed by atoms with E-state index in [-0.39, 0.29) is 24.8 Å². The molecular formula is C30H37FN8O2. The Morgan fingerprint density at radius 2 is 2.02 bits per heavy atom. The maximum Gasteiger partial charge on any atom is 0.247 e. The molecule has 1 aromatic heterocycles. The first-order valence-corrected chi connectivity index (χ1v) is 13.7. The summed E-state index contributed by atoms with van der Waals surface area (Å²) in [6.45, 7) is 3.65. The second-order valence-electron chi connectivity index (χ2n) is 9.90. The smallest absolute Gasteiger partial charge is 0.247 e. The first kappa shape index (κ1) is 31.1. The van der Waals surface area contributed by atoms with Gasteiger partial charge in [-0.15, -0.1) is 0 Å². The predicted molar refractivity (Wildman–Crippen MR) is 157 cm³/mol. The van der Waals surface area contributed by atoms with E-state index in [1.165, 1.54) is 11.0 Å². The lowest BCUT2D eigenvalue weighted by molar-refractivity contribution is -0.135. The summed E-state index contributed by atoms with van der Waals surface area (Å²) in [4.78, 5) is 37.3. The van der Waals surface area contributed by atoms with Crippen molar-refractivity contribution in [3.05, 3.63) is 53.7 Å². The van der Waals surface area contributed by atoms with Gasteiger partial charge >= 0.3 is 0 Å². The number of hydrogen-bond acceptors (Lipinski definition) is 8. The Bertz CT molecular complexity index is 1310. The van der Waals surface area contributed by atoms with Crippen molar-refractivity contribution >= 4 is 29.3 Å². The van der Waals surface area contributed by atoms with Crippen molar-refractivity contribution in [1.29, 1.82) is 5.26 Å². The van der Waals surface area contributed by atoms with E-state index in [2.05, 4.69) is 50.8 Å². The molecule has 0 aliphatic carbocycles. The van der Waals surface area contributed by atoms with Crippen LogP contribution in [0.25, 0.3) is 0 Å². The second-order valence-corrected chi connectivity index (χ2v) is 9.90. The van der Waals surface area contributed by atoms with E-state index in [1.54, 1.807) is 36.5 Å². The zero-order valence-corrected chi connectivity index (χ0v) is 23.8. The number of benzene rings is 1. The van der Waals surface area contributed by atoms with E-state index in [9.17, 15) is 14.0 Å². The van der Waals surface area contributed by atoms with Gasteiger partial charge in [-0.1, -0.05) is 24.8 Å². The van der Waals surface area contributed by atoms with Crippen molar-refractivity contribution in [3.63, 3.8) is 0 Å². The summed E-state index contributed by atoms with van der Waals surface area (Å²) in [5, 5.41) is 18.2. The van der Waals surface area contributed by atoms with E-state index in [1.807, 2.05) is 19.0 Å². The number of alkyl halides is 1. The van der Waals surface area contributed by atoms with Gasteiger partial charge in [0.2, 0.25) is 17.8 Å². The molecule has 1 aliphatic heterocycles. The molecule has 0 spiro atoms. The Kier molecular flexibility index (Phi) is 12.1. The number of aromatic nitrogens is 2. The van der Waals surface area contributed by atoms with Gasteiger partial charge < -0.3 is 25.8 Å². The largest absolute Gasteiger partial charge is 0.369 e. The fourth-order valence-electron chi connectivity index (χ4n) is 4.07. The van der Waals surface area contributed by atoms with Crippen LogP contribution in [0.1, 0.15) is 43.7 Å². The first-order chi connectivity index (χ1) is 19.8. The third kappa shape index (κ3) is 9.89. The average Bonchev–Trinajstić information content (AvgIpc) is 3.36. The van der Waals surface area contributed by atoms with Crippen LogP contribution >= 0.6 is 0 Å². The van der Waals surface area contributed by atoms with Gasteiger partial charge in [0.15, 0.2) is 0 Å². The standard InChI is InChI=1S/C30H37FN8O2/c1-4-15-33-28-23(20-35-30(37-28)36-25-13-11-22(19-32)12-14-25)9-6-5-7-16-34-29(41)26-18-24(31)21-39(26)27(40)10-8-17-38(2)3/h8,10-14,20,24,26H,4-5,7,15-18,21H2,1-3H3,(H,34,41)(H2,33,35,36,37)/t24-,26+/m1/s1. The summed E-state index contributed by atoms with van der Waals surface area (Å²) < 4.78 is 14.1. The van der Waals surface area contributed by atoms with Crippen molar-refractivity contribution in [3.8, 4) is 17.9 Å². The molecule has 2 heterocycles. The molecule has 11 heteroatoms. The molecule has 2 aromatic rings. The summed E-state index contributed by atoms with van der Waals surface area (Å²) in [6, 6.07) is 8.28. The van der Waals surface area contributed by atoms with E-state index in [4.69, 9.17) is 5.26 Å². The van der Waals surface area contributed by atoms with Crippen LogP contribution in [0.4, 0.5) is 21.8 Å². The Hall–Kier alpha value is -4.48. The van der Waals surface area contributed by atoms with Crippen molar-refractivity contribution < 1.29 is 14.0 Å². The molecule has 1 aliphatic rings. The van der Waals surface area contributed by atoms with E-state index >= 15 is 0 Å². The van der Waals surface area contributed by atoms with Crippen molar-refractivity contribution in [2.24, 2.45) is 0 Å². The number of anilines is 3. The number of hydrogen-bond donors (Lipinski definition) is 3. The molecular weight excluding hydrogens is 523 g/mol. The van der Waals surface area contributed by atoms with Gasteiger partial charge in [0, 0.05) is 44.2 Å². The Labute approximate surface area is 241 Å². The molecule has 1 fully saturated rings. The van der Waals surface area contributed by atoms with Gasteiger partial charge in [-0.05, 0) is 51.2 Å². The van der Waals surface area contributed by atoms with Crippen molar-refractivity contribution in [2.45, 2.75) is 44.8 Å². The van der Waals surface area contributed by atoms with Crippen molar-refractivity contribution in [1.82, 2.24) is 25.1 Å². The third-order valence-electron chi connectivity index (χ3n) is 6.17. The number of rotatable bonds is 12. The van der Waals surface area contributed by atoms with Gasteiger partial charge in [-0.2, -0.15) is 10.2 Å². The zero-order valence-electron chi connectivity index (χ0n) is 23.8. The van der Waals surface area contributed by atoms with Gasteiger partial charge in [0.1, 0.15) is 18.0 Å². The fraction of sp³-hybridized carbons (Fsp3) is 0.433. The number of halogens is 1. The van der Waals surface area contributed by atoms with E-state index < -0.39 is 12.2 Å². The maximum atomic E-state index is 14.1. The minimum Gasteiger partial charge on any atom is -0.369 e. The van der Waals surface area contributed by atoms with Gasteiger partial charge in [-0.25, -0.2) is 9.37 Å². The number of amides is 2. The fourth-order valence-corrected chi connectivity index (χ4v) is 4.07. The molecule has 41 heavy (non-hydrogen) atoms.